The van der Waals surface area contributed by atoms with Gasteiger partial charge in [0.25, 0.3) is 5.91 Å². The molecule has 0 atom stereocenters. The van der Waals surface area contributed by atoms with E-state index < -0.39 is 15.9 Å². The molecule has 1 aromatic rings. The van der Waals surface area contributed by atoms with Crippen LogP contribution in [0.5, 0.6) is 0 Å². The minimum atomic E-state index is -3.64. The average molecular weight is 329 g/mol. The highest BCUT2D eigenvalue weighted by atomic mass is 35.5. The number of nitrogens with one attached hydrogen (secondary N) is 1. The zero-order chi connectivity index (χ0) is 16.0. The number of amides is 1. The zero-order valence-electron chi connectivity index (χ0n) is 11.9. The third kappa shape index (κ3) is 3.97. The Morgan fingerprint density at radius 1 is 1.38 bits per heavy atom. The van der Waals surface area contributed by atoms with Gasteiger partial charge in [-0.3, -0.25) is 4.79 Å². The number of terminal acetylenes is 1. The Balaban J connectivity index is 3.24. The van der Waals surface area contributed by atoms with E-state index in [9.17, 15) is 13.2 Å². The second kappa shape index (κ2) is 7.46. The normalized spacial score (nSPS) is 11.2. The number of rotatable bonds is 6. The summed E-state index contributed by atoms with van der Waals surface area (Å²) >= 11 is 5.95. The Hall–Kier alpha value is -1.55. The van der Waals surface area contributed by atoms with Gasteiger partial charge in [-0.1, -0.05) is 31.4 Å². The van der Waals surface area contributed by atoms with Crippen LogP contribution in [0.4, 0.5) is 0 Å². The summed E-state index contributed by atoms with van der Waals surface area (Å²) < 4.78 is 26.1. The lowest BCUT2D eigenvalue weighted by Gasteiger charge is -2.19. The number of carbonyl (C=O) groups is 1. The molecule has 7 heteroatoms. The number of hydrogen-bond donors (Lipinski definition) is 1. The van der Waals surface area contributed by atoms with Gasteiger partial charge in [0.2, 0.25) is 10.0 Å². The van der Waals surface area contributed by atoms with E-state index in [1.165, 1.54) is 22.5 Å². The van der Waals surface area contributed by atoms with Crippen LogP contribution in [-0.2, 0) is 10.0 Å². The zero-order valence-corrected chi connectivity index (χ0v) is 13.5. The Morgan fingerprint density at radius 3 is 2.52 bits per heavy atom. The minimum absolute atomic E-state index is 0.0291. The van der Waals surface area contributed by atoms with Crippen LogP contribution >= 0.6 is 11.6 Å². The molecule has 21 heavy (non-hydrogen) atoms. The van der Waals surface area contributed by atoms with E-state index in [-0.39, 0.29) is 22.0 Å². The van der Waals surface area contributed by atoms with Gasteiger partial charge in [-0.25, -0.2) is 8.42 Å². The van der Waals surface area contributed by atoms with Crippen molar-refractivity contribution in [2.45, 2.75) is 18.7 Å². The predicted molar refractivity (Wildman–Crippen MR) is 82.7 cm³/mol. The van der Waals surface area contributed by atoms with Crippen molar-refractivity contribution in [3.8, 4) is 12.3 Å². The van der Waals surface area contributed by atoms with Crippen LogP contribution in [0.25, 0.3) is 0 Å². The summed E-state index contributed by atoms with van der Waals surface area (Å²) in [4.78, 5) is 11.9. The molecule has 1 rings (SSSR count). The molecule has 1 amide bonds. The molecule has 0 spiro atoms. The average Bonchev–Trinajstić information content (AvgIpc) is 2.46. The van der Waals surface area contributed by atoms with Crippen molar-refractivity contribution < 1.29 is 13.2 Å². The van der Waals surface area contributed by atoms with Gasteiger partial charge in [0, 0.05) is 13.1 Å². The molecule has 1 N–H and O–H groups in total. The van der Waals surface area contributed by atoms with Gasteiger partial charge in [-0.15, -0.1) is 6.42 Å². The van der Waals surface area contributed by atoms with E-state index >= 15 is 0 Å². The second-order valence-corrected chi connectivity index (χ2v) is 6.46. The molecule has 0 aliphatic heterocycles. The van der Waals surface area contributed by atoms with E-state index in [1.54, 1.807) is 13.8 Å². The molecule has 5 nitrogen and oxygen atoms in total. The first-order chi connectivity index (χ1) is 9.88. The lowest BCUT2D eigenvalue weighted by molar-refractivity contribution is 0.0958. The van der Waals surface area contributed by atoms with Crippen molar-refractivity contribution in [3.63, 3.8) is 0 Å². The van der Waals surface area contributed by atoms with Crippen molar-refractivity contribution in [2.24, 2.45) is 0 Å². The summed E-state index contributed by atoms with van der Waals surface area (Å²) in [5, 5.41) is 2.63. The minimum Gasteiger partial charge on any atom is -0.341 e. The van der Waals surface area contributed by atoms with Gasteiger partial charge in [0.05, 0.1) is 22.0 Å². The van der Waals surface area contributed by atoms with Crippen LogP contribution in [-0.4, -0.2) is 38.3 Å². The van der Waals surface area contributed by atoms with Crippen LogP contribution < -0.4 is 5.32 Å². The molecule has 0 aliphatic rings. The summed E-state index contributed by atoms with van der Waals surface area (Å²) in [5.41, 5.74) is 0.0835. The second-order valence-electron chi connectivity index (χ2n) is 4.12. The van der Waals surface area contributed by atoms with E-state index in [4.69, 9.17) is 18.0 Å². The molecule has 0 heterocycles. The molecule has 0 bridgehead atoms. The van der Waals surface area contributed by atoms with Crippen molar-refractivity contribution >= 4 is 27.5 Å². The van der Waals surface area contributed by atoms with Gasteiger partial charge < -0.3 is 5.32 Å². The molecule has 1 aromatic carbocycles. The maximum absolute atomic E-state index is 12.4. The summed E-state index contributed by atoms with van der Waals surface area (Å²) in [6.45, 7) is 4.23. The first-order valence-corrected chi connectivity index (χ1v) is 8.21. The van der Waals surface area contributed by atoms with Gasteiger partial charge in [-0.05, 0) is 18.2 Å². The van der Waals surface area contributed by atoms with Gasteiger partial charge in [-0.2, -0.15) is 4.31 Å². The highest BCUT2D eigenvalue weighted by Crippen LogP contribution is 2.23. The molecule has 0 aromatic heterocycles. The Kier molecular flexibility index (Phi) is 6.21. The molecular weight excluding hydrogens is 312 g/mol. The van der Waals surface area contributed by atoms with Crippen LogP contribution in [0.2, 0.25) is 5.02 Å². The van der Waals surface area contributed by atoms with E-state index in [2.05, 4.69) is 11.2 Å². The fourth-order valence-corrected chi connectivity index (χ4v) is 3.47. The maximum Gasteiger partial charge on any atom is 0.253 e. The Labute approximate surface area is 130 Å². The van der Waals surface area contributed by atoms with Crippen LogP contribution in [0, 0.1) is 12.3 Å². The number of benzene rings is 1. The summed E-state index contributed by atoms with van der Waals surface area (Å²) in [6, 6.07) is 4.04. The smallest absolute Gasteiger partial charge is 0.253 e. The standard InChI is InChI=1S/C14H17ClN2O3S/c1-4-9-16-14(18)12-10-11(7-8-13(12)15)21(19,20)17(5-2)6-3/h1,7-8,10H,5-6,9H2,2-3H3,(H,16,18). The van der Waals surface area contributed by atoms with Gasteiger partial charge in [0.1, 0.15) is 0 Å². The Morgan fingerprint density at radius 2 is 2.00 bits per heavy atom. The molecule has 0 fully saturated rings. The quantitative estimate of drug-likeness (QED) is 0.809. The van der Waals surface area contributed by atoms with Crippen LogP contribution in [0.15, 0.2) is 23.1 Å². The number of halogens is 1. The van der Waals surface area contributed by atoms with Gasteiger partial charge in [0.15, 0.2) is 0 Å². The molecule has 0 unspecified atom stereocenters. The third-order valence-corrected chi connectivity index (χ3v) is 5.25. The number of carbonyl (C=O) groups excluding carboxylic acids is 1. The fourth-order valence-electron chi connectivity index (χ4n) is 1.78. The van der Waals surface area contributed by atoms with Crippen molar-refractivity contribution in [1.82, 2.24) is 9.62 Å². The lowest BCUT2D eigenvalue weighted by atomic mass is 10.2. The molecular formula is C14H17ClN2O3S. The largest absolute Gasteiger partial charge is 0.341 e. The highest BCUT2D eigenvalue weighted by molar-refractivity contribution is 7.89. The van der Waals surface area contributed by atoms with Crippen molar-refractivity contribution in [2.75, 3.05) is 19.6 Å². The van der Waals surface area contributed by atoms with Crippen LogP contribution in [0.1, 0.15) is 24.2 Å². The number of sulfonamides is 1. The molecule has 0 radical (unpaired) electrons. The molecule has 0 saturated carbocycles. The SMILES string of the molecule is C#CCNC(=O)c1cc(S(=O)(=O)N(CC)CC)ccc1Cl. The predicted octanol–water partition coefficient (Wildman–Crippen LogP) is 1.73. The number of nitrogens with zero attached hydrogens (tertiary/aromatic N) is 1. The lowest BCUT2D eigenvalue weighted by Crippen LogP contribution is -2.31. The number of hydrogen-bond acceptors (Lipinski definition) is 3. The van der Waals surface area contributed by atoms with E-state index in [1.807, 2.05) is 0 Å². The summed E-state index contributed by atoms with van der Waals surface area (Å²) in [6.07, 6.45) is 5.07. The highest BCUT2D eigenvalue weighted by Gasteiger charge is 2.23. The third-order valence-electron chi connectivity index (χ3n) is 2.88. The van der Waals surface area contributed by atoms with Crippen molar-refractivity contribution in [1.29, 1.82) is 0 Å². The molecule has 0 aliphatic carbocycles. The summed E-state index contributed by atoms with van der Waals surface area (Å²) in [7, 11) is -3.64. The van der Waals surface area contributed by atoms with Crippen LogP contribution in [0.3, 0.4) is 0 Å². The van der Waals surface area contributed by atoms with E-state index in [0.29, 0.717) is 13.1 Å². The summed E-state index contributed by atoms with van der Waals surface area (Å²) in [5.74, 6) is 1.76. The monoisotopic (exact) mass is 328 g/mol. The molecule has 114 valence electrons. The topological polar surface area (TPSA) is 66.5 Å². The van der Waals surface area contributed by atoms with Gasteiger partial charge >= 0.3 is 0 Å². The van der Waals surface area contributed by atoms with Crippen molar-refractivity contribution in [3.05, 3.63) is 28.8 Å². The fraction of sp³-hybridized carbons (Fsp3) is 0.357. The molecule has 0 saturated heterocycles. The first kappa shape index (κ1) is 17.5. The Bertz CT molecular complexity index is 661. The first-order valence-electron chi connectivity index (χ1n) is 6.39. The maximum atomic E-state index is 12.4. The van der Waals surface area contributed by atoms with E-state index in [0.717, 1.165) is 0 Å².